The molecule has 2 aliphatic rings. The fourth-order valence-electron chi connectivity index (χ4n) is 3.78. The zero-order valence-corrected chi connectivity index (χ0v) is 11.9. The number of nitrogens with zero attached hydrogens (tertiary/aromatic N) is 1. The van der Waals surface area contributed by atoms with E-state index in [4.69, 9.17) is 0 Å². The van der Waals surface area contributed by atoms with Gasteiger partial charge in [0.1, 0.15) is 0 Å². The SMILES string of the molecule is CN1CCC(C(CO)c2ccc3c(c2)CCC3)CC1. The van der Waals surface area contributed by atoms with Gasteiger partial charge in [0.25, 0.3) is 0 Å². The first-order valence-corrected chi connectivity index (χ1v) is 7.69. The Hall–Kier alpha value is -0.860. The molecule has 1 atom stereocenters. The van der Waals surface area contributed by atoms with Gasteiger partial charge in [-0.2, -0.15) is 0 Å². The summed E-state index contributed by atoms with van der Waals surface area (Å²) in [5.41, 5.74) is 4.44. The van der Waals surface area contributed by atoms with Crippen molar-refractivity contribution in [1.82, 2.24) is 4.90 Å². The molecular formula is C17H25NO. The molecule has 1 saturated heterocycles. The number of piperidine rings is 1. The van der Waals surface area contributed by atoms with Crippen LogP contribution in [0.3, 0.4) is 0 Å². The largest absolute Gasteiger partial charge is 0.396 e. The molecule has 0 amide bonds. The zero-order valence-electron chi connectivity index (χ0n) is 11.9. The van der Waals surface area contributed by atoms with E-state index in [1.54, 1.807) is 0 Å². The monoisotopic (exact) mass is 259 g/mol. The summed E-state index contributed by atoms with van der Waals surface area (Å²) in [4.78, 5) is 2.40. The molecule has 1 N–H and O–H groups in total. The minimum atomic E-state index is 0.299. The van der Waals surface area contributed by atoms with Gasteiger partial charge in [0.15, 0.2) is 0 Å². The van der Waals surface area contributed by atoms with Crippen LogP contribution in [0.1, 0.15) is 41.9 Å². The first kappa shape index (κ1) is 13.1. The van der Waals surface area contributed by atoms with Crippen LogP contribution in [-0.2, 0) is 12.8 Å². The molecule has 3 rings (SSSR count). The maximum atomic E-state index is 9.83. The molecular weight excluding hydrogens is 234 g/mol. The standard InChI is InChI=1S/C17H25NO/c1-18-9-7-14(8-10-18)17(12-19)16-6-5-13-3-2-4-15(13)11-16/h5-6,11,14,17,19H,2-4,7-10,12H2,1H3. The molecule has 0 aromatic heterocycles. The Labute approximate surface area is 116 Å². The number of aliphatic hydroxyl groups excluding tert-OH is 1. The van der Waals surface area contributed by atoms with Gasteiger partial charge in [-0.15, -0.1) is 0 Å². The summed E-state index contributed by atoms with van der Waals surface area (Å²) >= 11 is 0. The third-order valence-corrected chi connectivity index (χ3v) is 5.08. The van der Waals surface area contributed by atoms with Crippen molar-refractivity contribution in [3.8, 4) is 0 Å². The maximum absolute atomic E-state index is 9.83. The van der Waals surface area contributed by atoms with Crippen LogP contribution in [-0.4, -0.2) is 36.8 Å². The first-order chi connectivity index (χ1) is 9.28. The summed E-state index contributed by atoms with van der Waals surface area (Å²) in [5.74, 6) is 1.00. The van der Waals surface area contributed by atoms with Gasteiger partial charge >= 0.3 is 0 Å². The van der Waals surface area contributed by atoms with Crippen molar-refractivity contribution < 1.29 is 5.11 Å². The first-order valence-electron chi connectivity index (χ1n) is 7.69. The van der Waals surface area contributed by atoms with Crippen molar-refractivity contribution in [2.24, 2.45) is 5.92 Å². The molecule has 0 saturated carbocycles. The highest BCUT2D eigenvalue weighted by Gasteiger charge is 2.26. The summed E-state index contributed by atoms with van der Waals surface area (Å²) in [7, 11) is 2.19. The lowest BCUT2D eigenvalue weighted by Gasteiger charge is -2.34. The molecule has 2 nitrogen and oxygen atoms in total. The lowest BCUT2D eigenvalue weighted by Crippen LogP contribution is -2.33. The van der Waals surface area contributed by atoms with Gasteiger partial charge in [-0.3, -0.25) is 0 Å². The molecule has 1 unspecified atom stereocenters. The van der Waals surface area contributed by atoms with Crippen molar-refractivity contribution in [2.45, 2.75) is 38.0 Å². The number of rotatable bonds is 3. The number of hydrogen-bond acceptors (Lipinski definition) is 2. The van der Waals surface area contributed by atoms with E-state index < -0.39 is 0 Å². The maximum Gasteiger partial charge on any atom is 0.0502 e. The van der Waals surface area contributed by atoms with Crippen LogP contribution in [0.5, 0.6) is 0 Å². The highest BCUT2D eigenvalue weighted by Crippen LogP contribution is 2.34. The highest BCUT2D eigenvalue weighted by atomic mass is 16.3. The Morgan fingerprint density at radius 1 is 1.21 bits per heavy atom. The number of benzene rings is 1. The van der Waals surface area contributed by atoms with Crippen molar-refractivity contribution in [3.63, 3.8) is 0 Å². The quantitative estimate of drug-likeness (QED) is 0.902. The molecule has 1 aromatic carbocycles. The summed E-state index contributed by atoms with van der Waals surface area (Å²) in [6.45, 7) is 2.64. The summed E-state index contributed by atoms with van der Waals surface area (Å²) in [5, 5.41) is 9.83. The highest BCUT2D eigenvalue weighted by molar-refractivity contribution is 5.37. The van der Waals surface area contributed by atoms with Gasteiger partial charge in [0, 0.05) is 5.92 Å². The Morgan fingerprint density at radius 3 is 2.68 bits per heavy atom. The molecule has 0 radical (unpaired) electrons. The van der Waals surface area contributed by atoms with E-state index in [2.05, 4.69) is 30.1 Å². The van der Waals surface area contributed by atoms with Crippen molar-refractivity contribution >= 4 is 0 Å². The molecule has 1 aliphatic carbocycles. The van der Waals surface area contributed by atoms with E-state index in [9.17, 15) is 5.11 Å². The Balaban J connectivity index is 1.78. The van der Waals surface area contributed by atoms with Crippen LogP contribution in [0.4, 0.5) is 0 Å². The van der Waals surface area contributed by atoms with E-state index in [1.165, 1.54) is 61.9 Å². The molecule has 0 bridgehead atoms. The number of aryl methyl sites for hydroxylation is 2. The van der Waals surface area contributed by atoms with Gasteiger partial charge in [0.2, 0.25) is 0 Å². The smallest absolute Gasteiger partial charge is 0.0502 e. The molecule has 1 heterocycles. The zero-order chi connectivity index (χ0) is 13.2. The summed E-state index contributed by atoms with van der Waals surface area (Å²) < 4.78 is 0. The van der Waals surface area contributed by atoms with Crippen LogP contribution in [0, 0.1) is 5.92 Å². The Morgan fingerprint density at radius 2 is 1.95 bits per heavy atom. The van der Waals surface area contributed by atoms with Crippen molar-refractivity contribution in [1.29, 1.82) is 0 Å². The topological polar surface area (TPSA) is 23.5 Å². The average Bonchev–Trinajstić information content (AvgIpc) is 2.89. The normalized spacial score (nSPS) is 22.4. The molecule has 1 fully saturated rings. The number of hydrogen-bond donors (Lipinski definition) is 1. The fraction of sp³-hybridized carbons (Fsp3) is 0.647. The van der Waals surface area contributed by atoms with Crippen molar-refractivity contribution in [2.75, 3.05) is 26.7 Å². The van der Waals surface area contributed by atoms with Gasteiger partial charge < -0.3 is 10.0 Å². The molecule has 1 aliphatic heterocycles. The van der Waals surface area contributed by atoms with Crippen LogP contribution < -0.4 is 0 Å². The predicted octanol–water partition coefficient (Wildman–Crippen LogP) is 2.59. The van der Waals surface area contributed by atoms with Gasteiger partial charge in [-0.1, -0.05) is 18.2 Å². The molecule has 19 heavy (non-hydrogen) atoms. The third kappa shape index (κ3) is 2.70. The van der Waals surface area contributed by atoms with E-state index in [1.807, 2.05) is 0 Å². The summed E-state index contributed by atoms with van der Waals surface area (Å²) in [6.07, 6.45) is 6.22. The van der Waals surface area contributed by atoms with Gasteiger partial charge in [0.05, 0.1) is 6.61 Å². The Kier molecular flexibility index (Phi) is 3.90. The second kappa shape index (κ2) is 5.64. The van der Waals surface area contributed by atoms with Gasteiger partial charge in [-0.25, -0.2) is 0 Å². The van der Waals surface area contributed by atoms with Crippen LogP contribution in [0.2, 0.25) is 0 Å². The fourth-order valence-corrected chi connectivity index (χ4v) is 3.78. The minimum absolute atomic E-state index is 0.299. The summed E-state index contributed by atoms with van der Waals surface area (Å²) in [6, 6.07) is 6.94. The van der Waals surface area contributed by atoms with E-state index in [0.29, 0.717) is 18.4 Å². The minimum Gasteiger partial charge on any atom is -0.396 e. The molecule has 104 valence electrons. The van der Waals surface area contributed by atoms with E-state index in [-0.39, 0.29) is 0 Å². The van der Waals surface area contributed by atoms with E-state index in [0.717, 1.165) is 0 Å². The number of likely N-dealkylation sites (tertiary alicyclic amines) is 1. The predicted molar refractivity (Wildman–Crippen MR) is 78.5 cm³/mol. The second-order valence-corrected chi connectivity index (χ2v) is 6.31. The van der Waals surface area contributed by atoms with Gasteiger partial charge in [-0.05, 0) is 74.8 Å². The number of fused-ring (bicyclic) bond motifs is 1. The third-order valence-electron chi connectivity index (χ3n) is 5.08. The molecule has 1 aromatic rings. The second-order valence-electron chi connectivity index (χ2n) is 6.31. The van der Waals surface area contributed by atoms with Crippen LogP contribution in [0.15, 0.2) is 18.2 Å². The van der Waals surface area contributed by atoms with Crippen LogP contribution >= 0.6 is 0 Å². The molecule has 0 spiro atoms. The van der Waals surface area contributed by atoms with Crippen molar-refractivity contribution in [3.05, 3.63) is 34.9 Å². The van der Waals surface area contributed by atoms with Crippen LogP contribution in [0.25, 0.3) is 0 Å². The lowest BCUT2D eigenvalue weighted by molar-refractivity contribution is 0.156. The number of aliphatic hydroxyl groups is 1. The van der Waals surface area contributed by atoms with E-state index >= 15 is 0 Å². The average molecular weight is 259 g/mol. The lowest BCUT2D eigenvalue weighted by atomic mass is 9.80. The Bertz CT molecular complexity index is 435. The molecule has 2 heteroatoms.